The van der Waals surface area contributed by atoms with E-state index >= 15 is 0 Å². The van der Waals surface area contributed by atoms with Crippen molar-refractivity contribution in [2.75, 3.05) is 20.3 Å². The smallest absolute Gasteiger partial charge is 0.0584 e. The molecule has 2 N–H and O–H groups in total. The lowest BCUT2D eigenvalue weighted by Crippen LogP contribution is -2.05. The number of hydrogen-bond donors (Lipinski definition) is 1. The molecule has 0 aliphatic carbocycles. The van der Waals surface area contributed by atoms with Crippen molar-refractivity contribution in [3.8, 4) is 0 Å². The summed E-state index contributed by atoms with van der Waals surface area (Å²) < 4.78 is 4.57. The first-order chi connectivity index (χ1) is 6.74. The van der Waals surface area contributed by atoms with E-state index in [1.165, 1.54) is 11.1 Å². The molecule has 0 radical (unpaired) electrons. The maximum Gasteiger partial charge on any atom is 0.0584 e. The highest BCUT2D eigenvalue weighted by Gasteiger charge is 1.82. The van der Waals surface area contributed by atoms with Gasteiger partial charge in [-0.3, -0.25) is 0 Å². The highest BCUT2D eigenvalue weighted by atomic mass is 127. The highest BCUT2D eigenvalue weighted by molar-refractivity contribution is 14.0. The number of methoxy groups -OCH3 is 1. The summed E-state index contributed by atoms with van der Waals surface area (Å²) >= 11 is 0. The first-order valence-corrected chi connectivity index (χ1v) is 4.62. The van der Waals surface area contributed by atoms with Crippen molar-refractivity contribution in [2.24, 2.45) is 5.73 Å². The Kier molecular flexibility index (Phi) is 13.3. The van der Waals surface area contributed by atoms with Crippen LogP contribution >= 0.6 is 24.0 Å². The molecule has 0 unspecified atom stereocenters. The van der Waals surface area contributed by atoms with Gasteiger partial charge >= 0.3 is 0 Å². The molecule has 86 valence electrons. The molecular formula is C12H20INO. The van der Waals surface area contributed by atoms with Crippen LogP contribution in [0.5, 0.6) is 0 Å². The Bertz CT molecular complexity index is 244. The average Bonchev–Trinajstić information content (AvgIpc) is 2.21. The number of halogens is 1. The Hall–Kier alpha value is -0.390. The molecule has 0 heterocycles. The molecule has 1 rings (SSSR count). The van der Waals surface area contributed by atoms with E-state index in [2.05, 4.69) is 42.5 Å². The Morgan fingerprint density at radius 1 is 1.33 bits per heavy atom. The molecule has 0 bridgehead atoms. The highest BCUT2D eigenvalue weighted by Crippen LogP contribution is 2.02. The van der Waals surface area contributed by atoms with Crippen LogP contribution in [0.25, 0.3) is 6.08 Å². The molecule has 2 nitrogen and oxygen atoms in total. The molecular weight excluding hydrogens is 301 g/mol. The monoisotopic (exact) mass is 321 g/mol. The molecule has 15 heavy (non-hydrogen) atoms. The van der Waals surface area contributed by atoms with Gasteiger partial charge in [-0.05, 0) is 12.5 Å². The van der Waals surface area contributed by atoms with E-state index < -0.39 is 0 Å². The molecule has 0 atom stereocenters. The fraction of sp³-hybridized carbons (Fsp3) is 0.333. The standard InChI is InChI=1S/C9H10.C3H9NO.HI/c1-3-9-6-4-8(2)5-7-9;1-5-3-2-4;/h3-7H,1H2,2H3;2-4H2,1H3;1H. The van der Waals surface area contributed by atoms with Crippen molar-refractivity contribution in [1.82, 2.24) is 0 Å². The third kappa shape index (κ3) is 9.90. The molecule has 0 aromatic heterocycles. The normalized spacial score (nSPS) is 8.20. The number of benzene rings is 1. The van der Waals surface area contributed by atoms with Gasteiger partial charge in [0.1, 0.15) is 0 Å². The summed E-state index contributed by atoms with van der Waals surface area (Å²) in [5.41, 5.74) is 7.49. The Morgan fingerprint density at radius 2 is 1.87 bits per heavy atom. The van der Waals surface area contributed by atoms with Crippen molar-refractivity contribution in [3.63, 3.8) is 0 Å². The molecule has 0 saturated carbocycles. The van der Waals surface area contributed by atoms with Crippen LogP contribution in [0.1, 0.15) is 11.1 Å². The summed E-state index contributed by atoms with van der Waals surface area (Å²) in [6.45, 7) is 7.03. The molecule has 0 fully saturated rings. The van der Waals surface area contributed by atoms with Crippen LogP contribution in [0.4, 0.5) is 0 Å². The lowest BCUT2D eigenvalue weighted by atomic mass is 10.2. The fourth-order valence-corrected chi connectivity index (χ4v) is 0.820. The van der Waals surface area contributed by atoms with Crippen LogP contribution in [0.3, 0.4) is 0 Å². The van der Waals surface area contributed by atoms with Crippen LogP contribution in [0.2, 0.25) is 0 Å². The second-order valence-electron chi connectivity index (χ2n) is 2.90. The SMILES string of the molecule is C=Cc1ccc(C)cc1.COCCN.I. The summed E-state index contributed by atoms with van der Waals surface area (Å²) in [6.07, 6.45) is 1.85. The molecule has 0 spiro atoms. The lowest BCUT2D eigenvalue weighted by molar-refractivity contribution is 0.207. The molecule has 0 aliphatic rings. The van der Waals surface area contributed by atoms with Gasteiger partial charge in [-0.1, -0.05) is 42.5 Å². The van der Waals surface area contributed by atoms with Crippen LogP contribution in [-0.2, 0) is 4.74 Å². The van der Waals surface area contributed by atoms with Gasteiger partial charge in [0.15, 0.2) is 0 Å². The van der Waals surface area contributed by atoms with Gasteiger partial charge in [-0.15, -0.1) is 24.0 Å². The zero-order valence-corrected chi connectivity index (χ0v) is 11.7. The quantitative estimate of drug-likeness (QED) is 0.869. The zero-order chi connectivity index (χ0) is 10.8. The largest absolute Gasteiger partial charge is 0.383 e. The van der Waals surface area contributed by atoms with E-state index in [1.807, 2.05) is 6.08 Å². The van der Waals surface area contributed by atoms with Gasteiger partial charge in [-0.2, -0.15) is 0 Å². The minimum atomic E-state index is 0. The van der Waals surface area contributed by atoms with Gasteiger partial charge in [0, 0.05) is 13.7 Å². The number of nitrogens with two attached hydrogens (primary N) is 1. The average molecular weight is 321 g/mol. The van der Waals surface area contributed by atoms with E-state index in [0.717, 1.165) is 0 Å². The third-order valence-electron chi connectivity index (χ3n) is 1.64. The molecule has 0 amide bonds. The predicted molar refractivity (Wildman–Crippen MR) is 77.6 cm³/mol. The van der Waals surface area contributed by atoms with Gasteiger partial charge in [0.25, 0.3) is 0 Å². The Balaban J connectivity index is 0. The topological polar surface area (TPSA) is 35.2 Å². The second kappa shape index (κ2) is 11.7. The summed E-state index contributed by atoms with van der Waals surface area (Å²) in [5, 5.41) is 0. The summed E-state index contributed by atoms with van der Waals surface area (Å²) in [7, 11) is 1.63. The van der Waals surface area contributed by atoms with Crippen LogP contribution in [-0.4, -0.2) is 20.3 Å². The first-order valence-electron chi connectivity index (χ1n) is 4.62. The fourth-order valence-electron chi connectivity index (χ4n) is 0.820. The molecule has 0 aliphatic heterocycles. The van der Waals surface area contributed by atoms with Crippen LogP contribution < -0.4 is 5.73 Å². The third-order valence-corrected chi connectivity index (χ3v) is 1.64. The van der Waals surface area contributed by atoms with Crippen molar-refractivity contribution in [1.29, 1.82) is 0 Å². The maximum absolute atomic E-state index is 5.01. The maximum atomic E-state index is 5.01. The number of hydrogen-bond acceptors (Lipinski definition) is 2. The Morgan fingerprint density at radius 3 is 2.13 bits per heavy atom. The van der Waals surface area contributed by atoms with Gasteiger partial charge in [0.05, 0.1) is 6.61 Å². The minimum Gasteiger partial charge on any atom is -0.383 e. The van der Waals surface area contributed by atoms with Gasteiger partial charge < -0.3 is 10.5 Å². The molecule has 0 saturated heterocycles. The van der Waals surface area contributed by atoms with E-state index in [-0.39, 0.29) is 24.0 Å². The van der Waals surface area contributed by atoms with E-state index in [0.29, 0.717) is 13.2 Å². The van der Waals surface area contributed by atoms with Crippen LogP contribution in [0, 0.1) is 6.92 Å². The van der Waals surface area contributed by atoms with Crippen molar-refractivity contribution >= 4 is 30.1 Å². The van der Waals surface area contributed by atoms with Gasteiger partial charge in [0.2, 0.25) is 0 Å². The second-order valence-corrected chi connectivity index (χ2v) is 2.90. The summed E-state index contributed by atoms with van der Waals surface area (Å²) in [6, 6.07) is 8.28. The van der Waals surface area contributed by atoms with Crippen LogP contribution in [0.15, 0.2) is 30.8 Å². The van der Waals surface area contributed by atoms with Gasteiger partial charge in [-0.25, -0.2) is 0 Å². The minimum absolute atomic E-state index is 0. The number of rotatable bonds is 3. The van der Waals surface area contributed by atoms with E-state index in [4.69, 9.17) is 5.73 Å². The van der Waals surface area contributed by atoms with E-state index in [9.17, 15) is 0 Å². The predicted octanol–water partition coefficient (Wildman–Crippen LogP) is 2.85. The first kappa shape index (κ1) is 17.0. The van der Waals surface area contributed by atoms with Crippen molar-refractivity contribution in [3.05, 3.63) is 42.0 Å². The number of aryl methyl sites for hydroxylation is 1. The zero-order valence-electron chi connectivity index (χ0n) is 9.40. The van der Waals surface area contributed by atoms with Crippen molar-refractivity contribution < 1.29 is 4.74 Å². The molecule has 1 aromatic rings. The lowest BCUT2D eigenvalue weighted by Gasteiger charge is -1.91. The van der Waals surface area contributed by atoms with E-state index in [1.54, 1.807) is 7.11 Å². The molecule has 3 heteroatoms. The summed E-state index contributed by atoms with van der Waals surface area (Å²) in [4.78, 5) is 0. The summed E-state index contributed by atoms with van der Waals surface area (Å²) in [5.74, 6) is 0. The molecule has 1 aromatic carbocycles. The Labute approximate surface area is 110 Å². The van der Waals surface area contributed by atoms with Crippen molar-refractivity contribution in [2.45, 2.75) is 6.92 Å². The number of ether oxygens (including phenoxy) is 1.